The average Bonchev–Trinajstić information content (AvgIpc) is 3.73. The summed E-state index contributed by atoms with van der Waals surface area (Å²) >= 11 is 0. The van der Waals surface area contributed by atoms with Crippen molar-refractivity contribution in [3.8, 4) is 0 Å². The molecule has 1 fully saturated rings. The van der Waals surface area contributed by atoms with Crippen LogP contribution in [0.3, 0.4) is 0 Å². The van der Waals surface area contributed by atoms with Gasteiger partial charge in [-0.05, 0) is 71.4 Å². The number of nitrogens with two attached hydrogens (primary N) is 1. The maximum Gasteiger partial charge on any atom is 0.416 e. The molecule has 0 radical (unpaired) electrons. The number of ether oxygens (including phenoxy) is 2. The highest BCUT2D eigenvalue weighted by Crippen LogP contribution is 2.45. The molecule has 352 valence electrons. The molecule has 0 aliphatic carbocycles. The van der Waals surface area contributed by atoms with E-state index in [1.54, 1.807) is 0 Å². The molecule has 0 bridgehead atoms. The second-order valence-corrected chi connectivity index (χ2v) is 19.9. The summed E-state index contributed by atoms with van der Waals surface area (Å²) in [6.07, 6.45) is -8.32. The lowest BCUT2D eigenvalue weighted by Crippen LogP contribution is -2.39. The molecular formula is C46H60F6N6O6. The number of nitrogen functional groups attached to an aromatic ring is 1. The zero-order chi connectivity index (χ0) is 49.2. The molecule has 18 heteroatoms. The van der Waals surface area contributed by atoms with Gasteiger partial charge in [0.1, 0.15) is 24.3 Å². The van der Waals surface area contributed by atoms with Crippen molar-refractivity contribution in [1.29, 1.82) is 0 Å². The second-order valence-electron chi connectivity index (χ2n) is 19.9. The normalized spacial score (nSPS) is 16.6. The van der Waals surface area contributed by atoms with Gasteiger partial charge in [0.2, 0.25) is 5.91 Å². The number of esters is 2. The van der Waals surface area contributed by atoms with Gasteiger partial charge >= 0.3 is 24.3 Å². The maximum atomic E-state index is 12.9. The Morgan fingerprint density at radius 1 is 0.703 bits per heavy atom. The highest BCUT2D eigenvalue weighted by Gasteiger charge is 2.40. The number of anilines is 2. The summed E-state index contributed by atoms with van der Waals surface area (Å²) in [4.78, 5) is 43.7. The van der Waals surface area contributed by atoms with Crippen LogP contribution in [0.1, 0.15) is 160 Å². The predicted octanol–water partition coefficient (Wildman–Crippen LogP) is 10.7. The first-order valence-electron chi connectivity index (χ1n) is 20.4. The van der Waals surface area contributed by atoms with Crippen LogP contribution in [0.4, 0.5) is 38.0 Å². The van der Waals surface area contributed by atoms with Gasteiger partial charge in [0.15, 0.2) is 0 Å². The minimum atomic E-state index is -4.39. The zero-order valence-corrected chi connectivity index (χ0v) is 38.8. The fourth-order valence-corrected chi connectivity index (χ4v) is 6.39. The van der Waals surface area contributed by atoms with E-state index >= 15 is 0 Å². The van der Waals surface area contributed by atoms with Crippen molar-refractivity contribution in [2.75, 3.05) is 11.1 Å². The number of amides is 1. The number of carbonyl (C=O) groups excluding carboxylic acids is 4. The number of nitrogens with zero attached hydrogens (tertiary/aromatic N) is 4. The fourth-order valence-electron chi connectivity index (χ4n) is 6.39. The third kappa shape index (κ3) is 14.2. The first kappa shape index (κ1) is 52.7. The quantitative estimate of drug-likeness (QED) is 0.0863. The molecule has 0 spiro atoms. The maximum absolute atomic E-state index is 12.9. The summed E-state index contributed by atoms with van der Waals surface area (Å²) in [5.74, 6) is -1.25. The Labute approximate surface area is 370 Å². The molecule has 1 unspecified atom stereocenters. The van der Waals surface area contributed by atoms with Crippen LogP contribution in [0.15, 0.2) is 54.6 Å². The lowest BCUT2D eigenvalue weighted by molar-refractivity contribution is -0.231. The number of rotatable bonds is 2. The number of halogens is 6. The average molecular weight is 907 g/mol. The van der Waals surface area contributed by atoms with Crippen LogP contribution < -0.4 is 11.1 Å². The van der Waals surface area contributed by atoms with Gasteiger partial charge in [-0.2, -0.15) is 36.5 Å². The van der Waals surface area contributed by atoms with Crippen LogP contribution in [0.2, 0.25) is 0 Å². The smallest absolute Gasteiger partial charge is 0.416 e. The number of hydrogen-bond acceptors (Lipinski definition) is 9. The van der Waals surface area contributed by atoms with Gasteiger partial charge in [-0.25, -0.2) is 9.36 Å². The number of nitrogens with one attached hydrogen (secondary N) is 1. The van der Waals surface area contributed by atoms with Gasteiger partial charge < -0.3 is 20.5 Å². The molecule has 64 heavy (non-hydrogen) atoms. The van der Waals surface area contributed by atoms with Crippen LogP contribution in [0.5, 0.6) is 0 Å². The number of alkyl halides is 6. The summed E-state index contributed by atoms with van der Waals surface area (Å²) in [7, 11) is 0. The summed E-state index contributed by atoms with van der Waals surface area (Å²) in [6.45, 7) is 27.9. The summed E-state index contributed by atoms with van der Waals surface area (Å²) < 4.78 is 87.6. The molecule has 2 aromatic heterocycles. The third-order valence-corrected chi connectivity index (χ3v) is 9.43. The van der Waals surface area contributed by atoms with E-state index in [9.17, 15) is 45.5 Å². The lowest BCUT2D eigenvalue weighted by atomic mass is 9.79. The van der Waals surface area contributed by atoms with E-state index in [2.05, 4.69) is 61.4 Å². The molecule has 4 heterocycles. The Morgan fingerprint density at radius 2 is 1.16 bits per heavy atom. The van der Waals surface area contributed by atoms with Crippen molar-refractivity contribution >= 4 is 35.8 Å². The second kappa shape index (κ2) is 18.8. The molecule has 2 aliphatic rings. The van der Waals surface area contributed by atoms with E-state index in [0.717, 1.165) is 59.2 Å². The van der Waals surface area contributed by atoms with E-state index in [-0.39, 0.29) is 52.1 Å². The molecule has 2 aromatic carbocycles. The topological polar surface area (TPSA) is 160 Å². The summed E-state index contributed by atoms with van der Waals surface area (Å²) in [5, 5.41) is 12.3. The Bertz CT molecular complexity index is 2260. The van der Waals surface area contributed by atoms with Crippen molar-refractivity contribution < 1.29 is 55.0 Å². The molecule has 1 atom stereocenters. The van der Waals surface area contributed by atoms with E-state index in [0.29, 0.717) is 17.7 Å². The Balaban J connectivity index is 0.000000252. The number of cyclic esters (lactones) is 2. The van der Waals surface area contributed by atoms with Crippen molar-refractivity contribution in [1.82, 2.24) is 19.6 Å². The van der Waals surface area contributed by atoms with Crippen molar-refractivity contribution in [3.05, 3.63) is 93.8 Å². The Kier molecular flexibility index (Phi) is 15.5. The van der Waals surface area contributed by atoms with Gasteiger partial charge in [-0.15, -0.1) is 0 Å². The van der Waals surface area contributed by atoms with Gasteiger partial charge in [0, 0.05) is 54.2 Å². The molecule has 0 saturated carbocycles. The van der Waals surface area contributed by atoms with Crippen LogP contribution in [-0.2, 0) is 58.1 Å². The SMILES string of the molecule is CC(C)(C)c1cc(N)n(C(C)(C)C)n1.CC(C)(C)c1nn(C(C)(C)C)c2c1C(c1ccc(C(F)(F)F)cc1)CC(=O)N2.CC1(C)OC(=O)CC(=O)O1.O=Cc1ccc(C(F)(F)F)cc1. The van der Waals surface area contributed by atoms with Crippen molar-refractivity contribution in [2.24, 2.45) is 0 Å². The summed E-state index contributed by atoms with van der Waals surface area (Å²) in [6, 6.07) is 11.1. The number of aromatic nitrogens is 4. The molecule has 6 rings (SSSR count). The van der Waals surface area contributed by atoms with Gasteiger partial charge in [-0.1, -0.05) is 65.8 Å². The number of fused-ring (bicyclic) bond motifs is 1. The van der Waals surface area contributed by atoms with Crippen LogP contribution >= 0.6 is 0 Å². The Morgan fingerprint density at radius 3 is 1.50 bits per heavy atom. The minimum absolute atomic E-state index is 0.0480. The fraction of sp³-hybridized carbons (Fsp3) is 0.522. The molecule has 12 nitrogen and oxygen atoms in total. The van der Waals surface area contributed by atoms with Crippen molar-refractivity contribution in [3.63, 3.8) is 0 Å². The standard InChI is InChI=1S/C21H26F3N3O.C11H21N3.C8H5F3O.C6H8O4/c1-19(2,3)17-16-14(12-7-9-13(10-8-12)21(22,23)24)11-15(28)25-18(16)27(26-17)20(4,5)6;1-10(2,3)8-7-9(12)14(13-8)11(4,5)6;9-8(10,11)7-3-1-6(5-12)2-4-7;1-6(2)9-4(7)3-5(8)10-6/h7-10,14H,11H2,1-6H3,(H,25,28);7H,12H2,1-6H3;1-5H;3H2,1-2H3. The number of hydrogen-bond donors (Lipinski definition) is 2. The van der Waals surface area contributed by atoms with Crippen molar-refractivity contribution in [2.45, 2.75) is 156 Å². The largest absolute Gasteiger partial charge is 0.423 e. The highest BCUT2D eigenvalue weighted by molar-refractivity contribution is 5.95. The van der Waals surface area contributed by atoms with Crippen LogP contribution in [0, 0.1) is 0 Å². The lowest BCUT2D eigenvalue weighted by Gasteiger charge is -2.29. The van der Waals surface area contributed by atoms with Gasteiger partial charge in [0.05, 0.1) is 33.6 Å². The van der Waals surface area contributed by atoms with E-state index in [1.165, 1.54) is 26.0 Å². The molecule has 2 aliphatic heterocycles. The molecule has 4 aromatic rings. The Hall–Kier alpha value is -5.68. The molecular weight excluding hydrogens is 847 g/mol. The zero-order valence-electron chi connectivity index (χ0n) is 38.8. The number of benzene rings is 2. The predicted molar refractivity (Wildman–Crippen MR) is 231 cm³/mol. The van der Waals surface area contributed by atoms with Crippen LogP contribution in [-0.4, -0.2) is 49.5 Å². The van der Waals surface area contributed by atoms with Gasteiger partial charge in [-0.3, -0.25) is 19.2 Å². The highest BCUT2D eigenvalue weighted by atomic mass is 19.4. The van der Waals surface area contributed by atoms with Crippen LogP contribution in [0.25, 0.3) is 0 Å². The van der Waals surface area contributed by atoms with Gasteiger partial charge in [0.25, 0.3) is 5.79 Å². The molecule has 1 saturated heterocycles. The van der Waals surface area contributed by atoms with E-state index < -0.39 is 41.2 Å². The first-order valence-corrected chi connectivity index (χ1v) is 20.4. The summed E-state index contributed by atoms with van der Waals surface area (Å²) in [5.41, 5.74) is 7.56. The number of aldehydes is 1. The third-order valence-electron chi connectivity index (χ3n) is 9.43. The monoisotopic (exact) mass is 906 g/mol. The molecule has 3 N–H and O–H groups in total. The molecule has 1 amide bonds. The van der Waals surface area contributed by atoms with E-state index in [4.69, 9.17) is 10.8 Å². The van der Waals surface area contributed by atoms with E-state index in [1.807, 2.05) is 57.0 Å². The minimum Gasteiger partial charge on any atom is -0.423 e. The number of carbonyl (C=O) groups is 4. The first-order chi connectivity index (χ1) is 28.8.